The Kier molecular flexibility index (Phi) is 1.90. The quantitative estimate of drug-likeness (QED) is 0.661. The minimum Gasteiger partial charge on any atom is -0.368 e. The van der Waals surface area contributed by atoms with Gasteiger partial charge in [-0.05, 0) is 17.8 Å². The fraction of sp³-hybridized carbons (Fsp3) is 0.222. The van der Waals surface area contributed by atoms with Gasteiger partial charge in [0.1, 0.15) is 0 Å². The monoisotopic (exact) mass is 180 g/mol. The van der Waals surface area contributed by atoms with E-state index in [4.69, 9.17) is 4.74 Å². The maximum atomic E-state index is 11.3. The first kappa shape index (κ1) is 7.83. The van der Waals surface area contributed by atoms with Crippen LogP contribution in [0.3, 0.4) is 0 Å². The Morgan fingerprint density at radius 1 is 1.42 bits per heavy atom. The topological polar surface area (TPSA) is 26.3 Å². The summed E-state index contributed by atoms with van der Waals surface area (Å²) in [4.78, 5) is 12.3. The minimum absolute atomic E-state index is 0.0821. The van der Waals surface area contributed by atoms with Crippen molar-refractivity contribution in [3.63, 3.8) is 0 Å². The van der Waals surface area contributed by atoms with Crippen molar-refractivity contribution in [3.05, 3.63) is 29.8 Å². The summed E-state index contributed by atoms with van der Waals surface area (Å²) in [6, 6.07) is 7.72. The second-order valence-electron chi connectivity index (χ2n) is 2.57. The van der Waals surface area contributed by atoms with Crippen molar-refractivity contribution in [1.82, 2.24) is 0 Å². The molecule has 0 saturated heterocycles. The standard InChI is InChI=1S/C9H8O2S/c1-11-8-6-4-2-3-5-7(6)12-9(8)10/h2-5,8H,1H3. The number of fused-ring (bicyclic) bond motifs is 1. The lowest BCUT2D eigenvalue weighted by Gasteiger charge is -2.04. The molecule has 1 aromatic carbocycles. The lowest BCUT2D eigenvalue weighted by molar-refractivity contribution is -0.119. The van der Waals surface area contributed by atoms with Crippen LogP contribution in [0.25, 0.3) is 0 Å². The molecule has 1 aliphatic heterocycles. The molecule has 1 unspecified atom stereocenters. The van der Waals surface area contributed by atoms with Gasteiger partial charge in [0.15, 0.2) is 6.10 Å². The molecular weight excluding hydrogens is 172 g/mol. The number of hydrogen-bond acceptors (Lipinski definition) is 3. The number of ether oxygens (including phenoxy) is 1. The van der Waals surface area contributed by atoms with Gasteiger partial charge < -0.3 is 4.74 Å². The van der Waals surface area contributed by atoms with Gasteiger partial charge in [-0.25, -0.2) is 0 Å². The summed E-state index contributed by atoms with van der Waals surface area (Å²) < 4.78 is 5.08. The lowest BCUT2D eigenvalue weighted by Crippen LogP contribution is -2.04. The van der Waals surface area contributed by atoms with Crippen LogP contribution in [-0.4, -0.2) is 12.2 Å². The van der Waals surface area contributed by atoms with Crippen LogP contribution < -0.4 is 0 Å². The van der Waals surface area contributed by atoms with E-state index in [2.05, 4.69) is 0 Å². The zero-order valence-electron chi connectivity index (χ0n) is 6.61. The molecule has 0 radical (unpaired) electrons. The highest BCUT2D eigenvalue weighted by atomic mass is 32.2. The van der Waals surface area contributed by atoms with E-state index in [9.17, 15) is 4.79 Å². The molecule has 0 fully saturated rings. The first-order valence-electron chi connectivity index (χ1n) is 3.66. The molecule has 0 bridgehead atoms. The van der Waals surface area contributed by atoms with E-state index in [0.29, 0.717) is 0 Å². The average Bonchev–Trinajstić information content (AvgIpc) is 2.40. The predicted molar refractivity (Wildman–Crippen MR) is 47.1 cm³/mol. The van der Waals surface area contributed by atoms with E-state index in [0.717, 1.165) is 10.5 Å². The smallest absolute Gasteiger partial charge is 0.227 e. The van der Waals surface area contributed by atoms with Crippen LogP contribution in [0.4, 0.5) is 0 Å². The van der Waals surface area contributed by atoms with Crippen molar-refractivity contribution in [1.29, 1.82) is 0 Å². The summed E-state index contributed by atoms with van der Waals surface area (Å²) in [6.45, 7) is 0. The molecule has 0 amide bonds. The SMILES string of the molecule is COC1C(=O)Sc2ccccc21. The number of hydrogen-bond donors (Lipinski definition) is 0. The molecule has 2 rings (SSSR count). The van der Waals surface area contributed by atoms with Crippen molar-refractivity contribution < 1.29 is 9.53 Å². The molecule has 0 aromatic heterocycles. The molecule has 0 N–H and O–H groups in total. The molecule has 1 aliphatic rings. The van der Waals surface area contributed by atoms with Gasteiger partial charge in [0, 0.05) is 17.6 Å². The summed E-state index contributed by atoms with van der Waals surface area (Å²) in [5, 5.41) is 0.0821. The zero-order valence-corrected chi connectivity index (χ0v) is 7.43. The van der Waals surface area contributed by atoms with Crippen LogP contribution in [0.15, 0.2) is 29.2 Å². The van der Waals surface area contributed by atoms with E-state index < -0.39 is 0 Å². The summed E-state index contributed by atoms with van der Waals surface area (Å²) >= 11 is 1.26. The molecule has 2 nitrogen and oxygen atoms in total. The molecule has 62 valence electrons. The minimum atomic E-state index is -0.355. The molecule has 0 aliphatic carbocycles. The highest BCUT2D eigenvalue weighted by Gasteiger charge is 2.30. The van der Waals surface area contributed by atoms with Gasteiger partial charge in [0.2, 0.25) is 5.12 Å². The van der Waals surface area contributed by atoms with Crippen LogP contribution in [0.5, 0.6) is 0 Å². The fourth-order valence-electron chi connectivity index (χ4n) is 1.30. The Bertz CT molecular complexity index is 322. The van der Waals surface area contributed by atoms with Crippen molar-refractivity contribution in [2.24, 2.45) is 0 Å². The van der Waals surface area contributed by atoms with Crippen LogP contribution in [0, 0.1) is 0 Å². The van der Waals surface area contributed by atoms with Crippen LogP contribution in [0.2, 0.25) is 0 Å². The number of carbonyl (C=O) groups is 1. The van der Waals surface area contributed by atoms with Gasteiger partial charge in [0.25, 0.3) is 0 Å². The highest BCUT2D eigenvalue weighted by Crippen LogP contribution is 2.40. The van der Waals surface area contributed by atoms with Crippen molar-refractivity contribution in [3.8, 4) is 0 Å². The second kappa shape index (κ2) is 2.92. The van der Waals surface area contributed by atoms with Gasteiger partial charge in [-0.3, -0.25) is 4.79 Å². The first-order chi connectivity index (χ1) is 5.83. The molecule has 0 saturated carbocycles. The third-order valence-corrected chi connectivity index (χ3v) is 2.87. The summed E-state index contributed by atoms with van der Waals surface area (Å²) in [5.74, 6) is 0. The van der Waals surface area contributed by atoms with Crippen LogP contribution in [-0.2, 0) is 9.53 Å². The maximum Gasteiger partial charge on any atom is 0.227 e. The normalized spacial score (nSPS) is 21.1. The summed E-state index contributed by atoms with van der Waals surface area (Å²) in [6.07, 6.45) is -0.355. The largest absolute Gasteiger partial charge is 0.368 e. The molecular formula is C9H8O2S. The molecule has 0 spiro atoms. The Morgan fingerprint density at radius 3 is 2.92 bits per heavy atom. The van der Waals surface area contributed by atoms with Crippen molar-refractivity contribution in [2.75, 3.05) is 7.11 Å². The van der Waals surface area contributed by atoms with Gasteiger partial charge in [-0.1, -0.05) is 18.2 Å². The zero-order chi connectivity index (χ0) is 8.55. The third-order valence-electron chi connectivity index (χ3n) is 1.86. The molecule has 1 atom stereocenters. The van der Waals surface area contributed by atoms with Crippen molar-refractivity contribution >= 4 is 16.9 Å². The third kappa shape index (κ3) is 1.06. The van der Waals surface area contributed by atoms with Gasteiger partial charge in [0.05, 0.1) is 0 Å². The number of thioether (sulfide) groups is 1. The summed E-state index contributed by atoms with van der Waals surface area (Å²) in [7, 11) is 1.56. The number of rotatable bonds is 1. The molecule has 1 aromatic rings. The molecule has 3 heteroatoms. The van der Waals surface area contributed by atoms with E-state index in [1.807, 2.05) is 24.3 Å². The van der Waals surface area contributed by atoms with E-state index >= 15 is 0 Å². The van der Waals surface area contributed by atoms with Crippen LogP contribution >= 0.6 is 11.8 Å². The average molecular weight is 180 g/mol. The summed E-state index contributed by atoms with van der Waals surface area (Å²) in [5.41, 5.74) is 0.995. The predicted octanol–water partition coefficient (Wildman–Crippen LogP) is 2.01. The lowest BCUT2D eigenvalue weighted by atomic mass is 10.1. The van der Waals surface area contributed by atoms with E-state index in [-0.39, 0.29) is 11.2 Å². The fourth-order valence-corrected chi connectivity index (χ4v) is 2.29. The van der Waals surface area contributed by atoms with E-state index in [1.54, 1.807) is 7.11 Å². The Balaban J connectivity index is 2.47. The van der Waals surface area contributed by atoms with E-state index in [1.165, 1.54) is 11.8 Å². The first-order valence-corrected chi connectivity index (χ1v) is 4.48. The number of carbonyl (C=O) groups excluding carboxylic acids is 1. The van der Waals surface area contributed by atoms with Crippen molar-refractivity contribution in [2.45, 2.75) is 11.0 Å². The molecule has 1 heterocycles. The Morgan fingerprint density at radius 2 is 2.17 bits per heavy atom. The van der Waals surface area contributed by atoms with Gasteiger partial charge in [-0.15, -0.1) is 0 Å². The van der Waals surface area contributed by atoms with Gasteiger partial charge >= 0.3 is 0 Å². The van der Waals surface area contributed by atoms with Crippen LogP contribution in [0.1, 0.15) is 11.7 Å². The Hall–Kier alpha value is -0.800. The molecule has 12 heavy (non-hydrogen) atoms. The van der Waals surface area contributed by atoms with Gasteiger partial charge in [-0.2, -0.15) is 0 Å². The number of benzene rings is 1. The second-order valence-corrected chi connectivity index (χ2v) is 3.62. The Labute approximate surface area is 74.9 Å². The highest BCUT2D eigenvalue weighted by molar-refractivity contribution is 8.14. The number of methoxy groups -OCH3 is 1. The maximum absolute atomic E-state index is 11.3.